The van der Waals surface area contributed by atoms with Gasteiger partial charge in [0.1, 0.15) is 5.82 Å². The topological polar surface area (TPSA) is 61.0 Å². The lowest BCUT2D eigenvalue weighted by Gasteiger charge is -2.21. The van der Waals surface area contributed by atoms with Gasteiger partial charge in [-0.1, -0.05) is 6.08 Å². The van der Waals surface area contributed by atoms with Gasteiger partial charge in [0.2, 0.25) is 5.91 Å². The Hall–Kier alpha value is -2.14. The molecule has 0 radical (unpaired) electrons. The van der Waals surface area contributed by atoms with Crippen LogP contribution in [0.25, 0.3) is 16.6 Å². The van der Waals surface area contributed by atoms with Gasteiger partial charge in [0.15, 0.2) is 0 Å². The third-order valence-electron chi connectivity index (χ3n) is 3.58. The average molecular weight is 270 g/mol. The van der Waals surface area contributed by atoms with E-state index in [-0.39, 0.29) is 5.91 Å². The second kappa shape index (κ2) is 5.09. The van der Waals surface area contributed by atoms with Crippen molar-refractivity contribution < 1.29 is 4.79 Å². The number of carbonyl (C=O) groups is 1. The molecule has 0 saturated carbocycles. The highest BCUT2D eigenvalue weighted by Crippen LogP contribution is 2.28. The quantitative estimate of drug-likeness (QED) is 0.879. The molecule has 0 aliphatic carbocycles. The maximum absolute atomic E-state index is 11.1. The molecule has 3 heterocycles. The van der Waals surface area contributed by atoms with Crippen molar-refractivity contribution in [2.24, 2.45) is 0 Å². The lowest BCUT2D eigenvalue weighted by Crippen LogP contribution is -2.23. The number of aromatic nitrogens is 2. The van der Waals surface area contributed by atoms with E-state index in [4.69, 9.17) is 0 Å². The van der Waals surface area contributed by atoms with Crippen LogP contribution in [0, 0.1) is 0 Å². The van der Waals surface area contributed by atoms with Gasteiger partial charge >= 0.3 is 0 Å². The molecule has 0 spiro atoms. The zero-order chi connectivity index (χ0) is 14.1. The number of pyridine rings is 1. The van der Waals surface area contributed by atoms with E-state index in [1.807, 2.05) is 18.3 Å². The summed E-state index contributed by atoms with van der Waals surface area (Å²) in [7, 11) is 2.12. The molecule has 0 bridgehead atoms. The first-order valence-electron chi connectivity index (χ1n) is 6.77. The molecule has 5 nitrogen and oxygen atoms in total. The molecule has 2 aromatic heterocycles. The van der Waals surface area contributed by atoms with Crippen LogP contribution in [0.5, 0.6) is 0 Å². The van der Waals surface area contributed by atoms with Crippen molar-refractivity contribution in [1.29, 1.82) is 0 Å². The molecule has 0 atom stereocenters. The van der Waals surface area contributed by atoms with Gasteiger partial charge in [-0.2, -0.15) is 0 Å². The van der Waals surface area contributed by atoms with Crippen LogP contribution >= 0.6 is 0 Å². The van der Waals surface area contributed by atoms with Crippen LogP contribution in [-0.4, -0.2) is 40.9 Å². The summed E-state index contributed by atoms with van der Waals surface area (Å²) in [5, 5.41) is 2.73. The maximum Gasteiger partial charge on any atom is 0.222 e. The van der Waals surface area contributed by atoms with Gasteiger partial charge in [0.05, 0.1) is 11.0 Å². The van der Waals surface area contributed by atoms with E-state index in [1.165, 1.54) is 12.5 Å². The van der Waals surface area contributed by atoms with E-state index in [2.05, 4.69) is 33.3 Å². The number of amides is 1. The molecule has 5 heteroatoms. The Morgan fingerprint density at radius 1 is 1.45 bits per heavy atom. The molecule has 3 rings (SSSR count). The minimum Gasteiger partial charge on any atom is -0.359 e. The van der Waals surface area contributed by atoms with Crippen LogP contribution in [0.3, 0.4) is 0 Å². The number of carbonyl (C=O) groups excluding carboxylic acids is 1. The molecule has 2 aromatic rings. The summed E-state index contributed by atoms with van der Waals surface area (Å²) >= 11 is 0. The standard InChI is InChI=1S/C15H18N4O/c1-10(20)17-14-4-3-13-15(18-14)12(9-16-13)11-5-7-19(2)8-6-11/h3-5,9,16H,6-8H2,1-2H3,(H,17,18,20). The Balaban J connectivity index is 2.01. The van der Waals surface area contributed by atoms with Gasteiger partial charge in [-0.3, -0.25) is 4.79 Å². The van der Waals surface area contributed by atoms with E-state index in [9.17, 15) is 4.79 Å². The fourth-order valence-corrected chi connectivity index (χ4v) is 2.51. The summed E-state index contributed by atoms with van der Waals surface area (Å²) in [6, 6.07) is 3.76. The number of hydrogen-bond acceptors (Lipinski definition) is 3. The average Bonchev–Trinajstić information content (AvgIpc) is 2.82. The van der Waals surface area contributed by atoms with Crippen molar-refractivity contribution in [2.75, 3.05) is 25.5 Å². The van der Waals surface area contributed by atoms with Crippen molar-refractivity contribution in [3.05, 3.63) is 30.0 Å². The Morgan fingerprint density at radius 3 is 3.00 bits per heavy atom. The van der Waals surface area contributed by atoms with Crippen LogP contribution in [0.15, 0.2) is 24.4 Å². The SMILES string of the molecule is CC(=O)Nc1ccc2[nH]cc(C3=CCN(C)CC3)c2n1. The Labute approximate surface area is 117 Å². The maximum atomic E-state index is 11.1. The number of rotatable bonds is 2. The van der Waals surface area contributed by atoms with Crippen molar-refractivity contribution in [3.8, 4) is 0 Å². The van der Waals surface area contributed by atoms with E-state index in [1.54, 1.807) is 0 Å². The zero-order valence-electron chi connectivity index (χ0n) is 11.7. The minimum atomic E-state index is -0.104. The summed E-state index contributed by atoms with van der Waals surface area (Å²) in [6.45, 7) is 3.51. The summed E-state index contributed by atoms with van der Waals surface area (Å²) in [4.78, 5) is 21.2. The molecule has 1 amide bonds. The van der Waals surface area contributed by atoms with Gasteiger partial charge < -0.3 is 15.2 Å². The number of nitrogens with zero attached hydrogens (tertiary/aromatic N) is 2. The van der Waals surface area contributed by atoms with E-state index >= 15 is 0 Å². The Kier molecular flexibility index (Phi) is 3.28. The summed E-state index contributed by atoms with van der Waals surface area (Å²) < 4.78 is 0. The number of anilines is 1. The summed E-state index contributed by atoms with van der Waals surface area (Å²) in [5.41, 5.74) is 4.38. The van der Waals surface area contributed by atoms with Gasteiger partial charge in [0.25, 0.3) is 0 Å². The van der Waals surface area contributed by atoms with Crippen LogP contribution in [0.4, 0.5) is 5.82 Å². The molecule has 0 saturated heterocycles. The van der Waals surface area contributed by atoms with Crippen LogP contribution in [-0.2, 0) is 4.79 Å². The molecule has 0 unspecified atom stereocenters. The third kappa shape index (κ3) is 2.44. The molecular weight excluding hydrogens is 252 g/mol. The van der Waals surface area contributed by atoms with Crippen molar-refractivity contribution in [2.45, 2.75) is 13.3 Å². The van der Waals surface area contributed by atoms with Crippen molar-refractivity contribution >= 4 is 28.3 Å². The van der Waals surface area contributed by atoms with Crippen LogP contribution in [0.1, 0.15) is 18.9 Å². The predicted molar refractivity (Wildman–Crippen MR) is 80.5 cm³/mol. The first-order valence-corrected chi connectivity index (χ1v) is 6.77. The zero-order valence-corrected chi connectivity index (χ0v) is 11.7. The highest BCUT2D eigenvalue weighted by molar-refractivity contribution is 5.93. The lowest BCUT2D eigenvalue weighted by atomic mass is 10.0. The monoisotopic (exact) mass is 270 g/mol. The molecule has 104 valence electrons. The molecule has 2 N–H and O–H groups in total. The van der Waals surface area contributed by atoms with Gasteiger partial charge in [-0.25, -0.2) is 4.98 Å². The van der Waals surface area contributed by atoms with E-state index < -0.39 is 0 Å². The minimum absolute atomic E-state index is 0.104. The third-order valence-corrected chi connectivity index (χ3v) is 3.58. The molecule has 1 aliphatic heterocycles. The summed E-state index contributed by atoms with van der Waals surface area (Å²) in [6.07, 6.45) is 5.28. The number of likely N-dealkylation sites (N-methyl/N-ethyl adjacent to an activating group) is 1. The normalized spacial score (nSPS) is 16.2. The molecule has 0 aromatic carbocycles. The first kappa shape index (κ1) is 12.9. The second-order valence-electron chi connectivity index (χ2n) is 5.22. The highest BCUT2D eigenvalue weighted by Gasteiger charge is 2.14. The molecule has 0 fully saturated rings. The number of nitrogens with one attached hydrogen (secondary N) is 2. The second-order valence-corrected chi connectivity index (χ2v) is 5.22. The number of hydrogen-bond donors (Lipinski definition) is 2. The highest BCUT2D eigenvalue weighted by atomic mass is 16.1. The lowest BCUT2D eigenvalue weighted by molar-refractivity contribution is -0.114. The Morgan fingerprint density at radius 2 is 2.30 bits per heavy atom. The van der Waals surface area contributed by atoms with E-state index in [0.717, 1.165) is 36.1 Å². The predicted octanol–water partition coefficient (Wildman–Crippen LogP) is 2.24. The Bertz CT molecular complexity index is 686. The van der Waals surface area contributed by atoms with Gasteiger partial charge in [0, 0.05) is 31.8 Å². The smallest absolute Gasteiger partial charge is 0.222 e. The van der Waals surface area contributed by atoms with Crippen LogP contribution < -0.4 is 5.32 Å². The van der Waals surface area contributed by atoms with Crippen molar-refractivity contribution in [3.63, 3.8) is 0 Å². The number of H-pyrrole nitrogens is 1. The molecule has 20 heavy (non-hydrogen) atoms. The van der Waals surface area contributed by atoms with Gasteiger partial charge in [-0.15, -0.1) is 0 Å². The summed E-state index contributed by atoms with van der Waals surface area (Å²) in [5.74, 6) is 0.492. The molecule has 1 aliphatic rings. The van der Waals surface area contributed by atoms with Gasteiger partial charge in [-0.05, 0) is 31.2 Å². The molecular formula is C15H18N4O. The fourth-order valence-electron chi connectivity index (χ4n) is 2.51. The largest absolute Gasteiger partial charge is 0.359 e. The van der Waals surface area contributed by atoms with Crippen LogP contribution in [0.2, 0.25) is 0 Å². The first-order chi connectivity index (χ1) is 9.63. The number of fused-ring (bicyclic) bond motifs is 1. The number of aromatic amines is 1. The fraction of sp³-hybridized carbons (Fsp3) is 0.333. The van der Waals surface area contributed by atoms with Crippen molar-refractivity contribution in [1.82, 2.24) is 14.9 Å². The van der Waals surface area contributed by atoms with E-state index in [0.29, 0.717) is 5.82 Å².